The molecule has 0 bridgehead atoms. The number of aliphatic hydroxyl groups is 1. The summed E-state index contributed by atoms with van der Waals surface area (Å²) in [5.41, 5.74) is 6.88. The standard InChI is InChI=1S/C24H21N3O3/c28-23(27-30)13-10-16-6-8-17(9-7-16)14-22-25-20-12-11-19(15-21(20)26-22)24(29)18-4-2-1-3-5-18/h1-13,15,24,29-30H,14H2,(H,25,26)(H,27,28)/b13-10+. The van der Waals surface area contributed by atoms with E-state index in [0.717, 1.165) is 39.1 Å². The Morgan fingerprint density at radius 2 is 1.80 bits per heavy atom. The average molecular weight is 399 g/mol. The second kappa shape index (κ2) is 8.73. The van der Waals surface area contributed by atoms with Crippen molar-refractivity contribution in [2.24, 2.45) is 0 Å². The van der Waals surface area contributed by atoms with Crippen molar-refractivity contribution in [2.75, 3.05) is 0 Å². The number of nitrogens with zero attached hydrogens (tertiary/aromatic N) is 1. The van der Waals surface area contributed by atoms with E-state index >= 15 is 0 Å². The molecule has 6 heteroatoms. The number of H-pyrrole nitrogens is 1. The number of carbonyl (C=O) groups excluding carboxylic acids is 1. The third kappa shape index (κ3) is 4.46. The van der Waals surface area contributed by atoms with Crippen LogP contribution in [0.3, 0.4) is 0 Å². The third-order valence-corrected chi connectivity index (χ3v) is 4.87. The Morgan fingerprint density at radius 3 is 2.53 bits per heavy atom. The molecule has 3 aromatic carbocycles. The van der Waals surface area contributed by atoms with Crippen LogP contribution in [0.25, 0.3) is 17.1 Å². The summed E-state index contributed by atoms with van der Waals surface area (Å²) in [6.45, 7) is 0. The third-order valence-electron chi connectivity index (χ3n) is 4.87. The first kappa shape index (κ1) is 19.6. The normalized spacial score (nSPS) is 12.3. The number of hydrogen-bond donors (Lipinski definition) is 4. The molecule has 1 unspecified atom stereocenters. The van der Waals surface area contributed by atoms with Crippen LogP contribution in [-0.4, -0.2) is 26.2 Å². The van der Waals surface area contributed by atoms with Crippen molar-refractivity contribution < 1.29 is 15.1 Å². The number of aliphatic hydroxyl groups excluding tert-OH is 1. The number of benzene rings is 3. The molecular weight excluding hydrogens is 378 g/mol. The minimum Gasteiger partial charge on any atom is -0.384 e. The van der Waals surface area contributed by atoms with Gasteiger partial charge in [-0.2, -0.15) is 0 Å². The van der Waals surface area contributed by atoms with Crippen LogP contribution in [-0.2, 0) is 11.2 Å². The highest BCUT2D eigenvalue weighted by Gasteiger charge is 2.12. The maximum atomic E-state index is 11.0. The zero-order chi connectivity index (χ0) is 20.9. The van der Waals surface area contributed by atoms with Crippen LogP contribution in [0.2, 0.25) is 0 Å². The number of carbonyl (C=O) groups is 1. The summed E-state index contributed by atoms with van der Waals surface area (Å²) in [7, 11) is 0. The Balaban J connectivity index is 1.50. The maximum absolute atomic E-state index is 11.0. The van der Waals surface area contributed by atoms with E-state index in [9.17, 15) is 9.90 Å². The van der Waals surface area contributed by atoms with Crippen molar-refractivity contribution in [1.29, 1.82) is 0 Å². The van der Waals surface area contributed by atoms with Gasteiger partial charge in [-0.25, -0.2) is 10.5 Å². The predicted molar refractivity (Wildman–Crippen MR) is 115 cm³/mol. The summed E-state index contributed by atoms with van der Waals surface area (Å²) in [6, 6.07) is 23.0. The summed E-state index contributed by atoms with van der Waals surface area (Å²) in [5, 5.41) is 19.1. The van der Waals surface area contributed by atoms with Crippen LogP contribution in [0.15, 0.2) is 78.9 Å². The van der Waals surface area contributed by atoms with Crippen LogP contribution in [0.5, 0.6) is 0 Å². The molecule has 0 saturated carbocycles. The smallest absolute Gasteiger partial charge is 0.267 e. The Morgan fingerprint density at radius 1 is 1.03 bits per heavy atom. The minimum absolute atomic E-state index is 0.571. The van der Waals surface area contributed by atoms with Gasteiger partial charge in [-0.1, -0.05) is 60.7 Å². The molecule has 1 heterocycles. The number of aromatic amines is 1. The summed E-state index contributed by atoms with van der Waals surface area (Å²) < 4.78 is 0. The van der Waals surface area contributed by atoms with E-state index in [1.807, 2.05) is 72.8 Å². The Bertz CT molecular complexity index is 1180. The number of aromatic nitrogens is 2. The van der Waals surface area contributed by atoms with Crippen molar-refractivity contribution in [1.82, 2.24) is 15.4 Å². The molecule has 0 aliphatic heterocycles. The van der Waals surface area contributed by atoms with Gasteiger partial charge in [-0.3, -0.25) is 10.0 Å². The highest BCUT2D eigenvalue weighted by atomic mass is 16.5. The average Bonchev–Trinajstić information content (AvgIpc) is 3.19. The molecule has 0 aliphatic rings. The van der Waals surface area contributed by atoms with Crippen molar-refractivity contribution in [3.8, 4) is 0 Å². The fourth-order valence-corrected chi connectivity index (χ4v) is 3.31. The van der Waals surface area contributed by atoms with Crippen molar-refractivity contribution in [3.63, 3.8) is 0 Å². The fourth-order valence-electron chi connectivity index (χ4n) is 3.31. The molecule has 4 aromatic rings. The van der Waals surface area contributed by atoms with Gasteiger partial charge < -0.3 is 10.1 Å². The Labute approximate surface area is 173 Å². The van der Waals surface area contributed by atoms with Crippen LogP contribution in [0.4, 0.5) is 0 Å². The van der Waals surface area contributed by atoms with Crippen molar-refractivity contribution >= 4 is 23.0 Å². The molecule has 0 radical (unpaired) electrons. The molecule has 0 fully saturated rings. The number of hydrogen-bond acceptors (Lipinski definition) is 4. The zero-order valence-corrected chi connectivity index (χ0v) is 16.1. The van der Waals surface area contributed by atoms with Gasteiger partial charge in [-0.05, 0) is 40.5 Å². The molecule has 4 rings (SSSR count). The first-order chi connectivity index (χ1) is 14.6. The SMILES string of the molecule is O=C(/C=C/c1ccc(Cc2nc3ccc(C(O)c4ccccc4)cc3[nH]2)cc1)NO. The zero-order valence-electron chi connectivity index (χ0n) is 16.1. The highest BCUT2D eigenvalue weighted by molar-refractivity contribution is 5.90. The maximum Gasteiger partial charge on any atom is 0.267 e. The van der Waals surface area contributed by atoms with E-state index < -0.39 is 12.0 Å². The molecule has 6 nitrogen and oxygen atoms in total. The van der Waals surface area contributed by atoms with Crippen molar-refractivity contribution in [2.45, 2.75) is 12.5 Å². The topological polar surface area (TPSA) is 98.2 Å². The molecule has 0 spiro atoms. The first-order valence-corrected chi connectivity index (χ1v) is 9.55. The number of amides is 1. The lowest BCUT2D eigenvalue weighted by Gasteiger charge is -2.11. The van der Waals surface area contributed by atoms with Gasteiger partial charge in [0.05, 0.1) is 11.0 Å². The number of hydroxylamine groups is 1. The number of imidazole rings is 1. The van der Waals surface area contributed by atoms with Gasteiger partial charge in [0, 0.05) is 12.5 Å². The summed E-state index contributed by atoms with van der Waals surface area (Å²) >= 11 is 0. The summed E-state index contributed by atoms with van der Waals surface area (Å²) in [5.74, 6) is 0.261. The molecule has 1 amide bonds. The predicted octanol–water partition coefficient (Wildman–Crippen LogP) is 3.75. The van der Waals surface area contributed by atoms with Gasteiger partial charge in [-0.15, -0.1) is 0 Å². The van der Waals surface area contributed by atoms with Gasteiger partial charge in [0.15, 0.2) is 0 Å². The number of fused-ring (bicyclic) bond motifs is 1. The lowest BCUT2D eigenvalue weighted by atomic mass is 10.0. The van der Waals surface area contributed by atoms with E-state index in [2.05, 4.69) is 9.97 Å². The van der Waals surface area contributed by atoms with Crippen LogP contribution in [0.1, 0.15) is 34.2 Å². The quantitative estimate of drug-likeness (QED) is 0.225. The van der Waals surface area contributed by atoms with Gasteiger partial charge in [0.1, 0.15) is 11.9 Å². The van der Waals surface area contributed by atoms with Crippen molar-refractivity contribution in [3.05, 3.63) is 107 Å². The van der Waals surface area contributed by atoms with Crippen LogP contribution < -0.4 is 5.48 Å². The molecule has 4 N–H and O–H groups in total. The minimum atomic E-state index is -0.684. The molecule has 1 atom stereocenters. The van der Waals surface area contributed by atoms with E-state index in [0.29, 0.717) is 6.42 Å². The van der Waals surface area contributed by atoms with E-state index in [4.69, 9.17) is 5.21 Å². The number of rotatable bonds is 6. The van der Waals surface area contributed by atoms with Crippen LogP contribution in [0, 0.1) is 0 Å². The molecule has 1 aromatic heterocycles. The lowest BCUT2D eigenvalue weighted by Crippen LogP contribution is -2.14. The molecule has 30 heavy (non-hydrogen) atoms. The van der Waals surface area contributed by atoms with Gasteiger partial charge in [0.25, 0.3) is 5.91 Å². The lowest BCUT2D eigenvalue weighted by molar-refractivity contribution is -0.124. The first-order valence-electron chi connectivity index (χ1n) is 9.55. The van der Waals surface area contributed by atoms with E-state index in [1.165, 1.54) is 6.08 Å². The molecule has 150 valence electrons. The molecule has 0 aliphatic carbocycles. The Hall–Kier alpha value is -3.74. The van der Waals surface area contributed by atoms with E-state index in [1.54, 1.807) is 11.6 Å². The molecule has 0 saturated heterocycles. The molecular formula is C24H21N3O3. The summed E-state index contributed by atoms with van der Waals surface area (Å²) in [4.78, 5) is 19.0. The fraction of sp³-hybridized carbons (Fsp3) is 0.0833. The van der Waals surface area contributed by atoms with Gasteiger partial charge in [0.2, 0.25) is 0 Å². The monoisotopic (exact) mass is 399 g/mol. The summed E-state index contributed by atoms with van der Waals surface area (Å²) in [6.07, 6.45) is 2.83. The largest absolute Gasteiger partial charge is 0.384 e. The Kier molecular flexibility index (Phi) is 5.70. The number of nitrogens with one attached hydrogen (secondary N) is 2. The van der Waals surface area contributed by atoms with Gasteiger partial charge >= 0.3 is 0 Å². The van der Waals surface area contributed by atoms with Crippen LogP contribution >= 0.6 is 0 Å². The second-order valence-corrected chi connectivity index (χ2v) is 7.00. The van der Waals surface area contributed by atoms with E-state index in [-0.39, 0.29) is 0 Å². The highest BCUT2D eigenvalue weighted by Crippen LogP contribution is 2.25. The second-order valence-electron chi connectivity index (χ2n) is 7.00.